The first-order chi connectivity index (χ1) is 16.7. The molecule has 1 aromatic heterocycles. The first-order valence-corrected chi connectivity index (χ1v) is 11.7. The maximum Gasteiger partial charge on any atom is 0.407 e. The van der Waals surface area contributed by atoms with Crippen molar-refractivity contribution >= 4 is 33.9 Å². The smallest absolute Gasteiger partial charge is 0.407 e. The SMILES string of the molecule is CCCCOC(=O)CNC(=O)OCCCCC#CC#CCn1c2ccccc2c2ccccc21. The van der Waals surface area contributed by atoms with Gasteiger partial charge < -0.3 is 19.4 Å². The molecule has 0 unspecified atom stereocenters. The highest BCUT2D eigenvalue weighted by Gasteiger charge is 2.08. The molecule has 0 atom stereocenters. The van der Waals surface area contributed by atoms with E-state index in [1.165, 1.54) is 21.8 Å². The van der Waals surface area contributed by atoms with Gasteiger partial charge in [0.05, 0.1) is 19.8 Å². The van der Waals surface area contributed by atoms with Crippen LogP contribution in [0.2, 0.25) is 0 Å². The quantitative estimate of drug-likeness (QED) is 0.263. The van der Waals surface area contributed by atoms with Gasteiger partial charge in [-0.1, -0.05) is 61.6 Å². The number of esters is 1. The van der Waals surface area contributed by atoms with Crippen LogP contribution in [0.1, 0.15) is 39.0 Å². The maximum absolute atomic E-state index is 11.6. The third-order valence-electron chi connectivity index (χ3n) is 5.22. The summed E-state index contributed by atoms with van der Waals surface area (Å²) in [6.07, 6.45) is 3.31. The number of hydrogen-bond acceptors (Lipinski definition) is 4. The zero-order chi connectivity index (χ0) is 24.0. The molecule has 1 heterocycles. The van der Waals surface area contributed by atoms with Gasteiger partial charge in [0.15, 0.2) is 0 Å². The third-order valence-corrected chi connectivity index (χ3v) is 5.22. The number of nitrogens with zero attached hydrogens (tertiary/aromatic N) is 1. The van der Waals surface area contributed by atoms with Crippen LogP contribution in [0.15, 0.2) is 48.5 Å². The van der Waals surface area contributed by atoms with E-state index in [-0.39, 0.29) is 13.2 Å². The minimum absolute atomic E-state index is 0.179. The van der Waals surface area contributed by atoms with Crippen molar-refractivity contribution in [2.45, 2.75) is 45.6 Å². The summed E-state index contributed by atoms with van der Waals surface area (Å²) in [6, 6.07) is 16.7. The lowest BCUT2D eigenvalue weighted by molar-refractivity contribution is -0.142. The van der Waals surface area contributed by atoms with Crippen molar-refractivity contribution in [3.05, 3.63) is 48.5 Å². The van der Waals surface area contributed by atoms with Gasteiger partial charge in [0.1, 0.15) is 6.54 Å². The number of alkyl carbamates (subject to hydrolysis) is 1. The van der Waals surface area contributed by atoms with Gasteiger partial charge in [0.2, 0.25) is 0 Å². The average molecular weight is 459 g/mol. The molecule has 1 amide bonds. The first kappa shape index (κ1) is 24.7. The molecular formula is C28H30N2O4. The third kappa shape index (κ3) is 7.32. The monoisotopic (exact) mass is 458 g/mol. The second-order valence-corrected chi connectivity index (χ2v) is 7.74. The van der Waals surface area contributed by atoms with Crippen LogP contribution >= 0.6 is 0 Å². The van der Waals surface area contributed by atoms with Gasteiger partial charge in [0, 0.05) is 28.2 Å². The molecule has 1 N–H and O–H groups in total. The van der Waals surface area contributed by atoms with Crippen molar-refractivity contribution < 1.29 is 19.1 Å². The second kappa shape index (κ2) is 13.6. The van der Waals surface area contributed by atoms with Crippen LogP contribution in [0, 0.1) is 23.7 Å². The lowest BCUT2D eigenvalue weighted by Crippen LogP contribution is -2.31. The minimum atomic E-state index is -0.616. The molecule has 0 radical (unpaired) electrons. The van der Waals surface area contributed by atoms with E-state index < -0.39 is 12.1 Å². The fourth-order valence-corrected chi connectivity index (χ4v) is 3.50. The van der Waals surface area contributed by atoms with E-state index in [4.69, 9.17) is 9.47 Å². The Balaban J connectivity index is 1.34. The Bertz CT molecular complexity index is 1180. The highest BCUT2D eigenvalue weighted by molar-refractivity contribution is 6.08. The molecule has 0 fully saturated rings. The summed E-state index contributed by atoms with van der Waals surface area (Å²) in [4.78, 5) is 23.0. The fraction of sp³-hybridized carbons (Fsp3) is 0.357. The van der Waals surface area contributed by atoms with Gasteiger partial charge >= 0.3 is 12.1 Å². The Kier molecular flexibility index (Phi) is 9.90. The van der Waals surface area contributed by atoms with E-state index in [1.54, 1.807) is 0 Å². The molecule has 6 heteroatoms. The molecule has 0 saturated carbocycles. The molecule has 0 aliphatic rings. The summed E-state index contributed by atoms with van der Waals surface area (Å²) in [5.41, 5.74) is 2.34. The fourth-order valence-electron chi connectivity index (χ4n) is 3.50. The van der Waals surface area contributed by atoms with Crippen LogP contribution in [0.4, 0.5) is 4.79 Å². The highest BCUT2D eigenvalue weighted by atomic mass is 16.6. The first-order valence-electron chi connectivity index (χ1n) is 11.7. The number of carbonyl (C=O) groups excluding carboxylic acids is 2. The van der Waals surface area contributed by atoms with Gasteiger partial charge in [-0.05, 0) is 43.2 Å². The predicted molar refractivity (Wildman–Crippen MR) is 134 cm³/mol. The van der Waals surface area contributed by atoms with E-state index in [1.807, 2.05) is 19.1 Å². The number of carbonyl (C=O) groups is 2. The lowest BCUT2D eigenvalue weighted by atomic mass is 10.2. The van der Waals surface area contributed by atoms with Crippen molar-refractivity contribution in [2.24, 2.45) is 0 Å². The Morgan fingerprint density at radius 1 is 0.853 bits per heavy atom. The number of nitrogens with one attached hydrogen (secondary N) is 1. The maximum atomic E-state index is 11.6. The number of unbranched alkanes of at least 4 members (excludes halogenated alkanes) is 3. The standard InChI is InChI=1S/C28H30N2O4/c1-2-3-20-33-27(31)22-29-28(32)34-21-14-8-6-4-5-7-13-19-30-25-17-11-9-15-23(25)24-16-10-12-18-26(24)30/h9-12,15-18H,2-3,6,8,14,19-22H2,1H3,(H,29,32). The molecule has 3 rings (SSSR count). The number of aromatic nitrogens is 1. The molecule has 0 saturated heterocycles. The van der Waals surface area contributed by atoms with Crippen LogP contribution < -0.4 is 5.32 Å². The van der Waals surface area contributed by atoms with Gasteiger partial charge in [-0.25, -0.2) is 4.79 Å². The van der Waals surface area contributed by atoms with E-state index in [0.29, 0.717) is 26.0 Å². The predicted octanol–water partition coefficient (Wildman–Crippen LogP) is 5.04. The van der Waals surface area contributed by atoms with Crippen molar-refractivity contribution in [3.8, 4) is 23.7 Å². The van der Waals surface area contributed by atoms with Crippen molar-refractivity contribution in [1.29, 1.82) is 0 Å². The normalized spacial score (nSPS) is 10.1. The van der Waals surface area contributed by atoms with Crippen molar-refractivity contribution in [1.82, 2.24) is 9.88 Å². The van der Waals surface area contributed by atoms with E-state index in [2.05, 4.69) is 70.0 Å². The minimum Gasteiger partial charge on any atom is -0.464 e. The lowest BCUT2D eigenvalue weighted by Gasteiger charge is -2.06. The Labute approximate surface area is 200 Å². The van der Waals surface area contributed by atoms with Crippen LogP contribution in [0.25, 0.3) is 21.8 Å². The topological polar surface area (TPSA) is 69.6 Å². The summed E-state index contributed by atoms with van der Waals surface area (Å²) in [6.45, 7) is 3.06. The zero-order valence-corrected chi connectivity index (χ0v) is 19.6. The van der Waals surface area contributed by atoms with Crippen molar-refractivity contribution in [3.63, 3.8) is 0 Å². The highest BCUT2D eigenvalue weighted by Crippen LogP contribution is 2.28. The average Bonchev–Trinajstić information content (AvgIpc) is 3.18. The van der Waals surface area contributed by atoms with Crippen LogP contribution in [0.3, 0.4) is 0 Å². The number of para-hydroxylation sites is 2. The molecule has 0 spiro atoms. The Hall–Kier alpha value is -3.90. The number of hydrogen-bond donors (Lipinski definition) is 1. The number of ether oxygens (including phenoxy) is 2. The van der Waals surface area contributed by atoms with E-state index >= 15 is 0 Å². The number of fused-ring (bicyclic) bond motifs is 3. The summed E-state index contributed by atoms with van der Waals surface area (Å²) < 4.78 is 12.2. The second-order valence-electron chi connectivity index (χ2n) is 7.74. The number of benzene rings is 2. The summed E-state index contributed by atoms with van der Waals surface area (Å²) in [5, 5.41) is 4.85. The van der Waals surface area contributed by atoms with E-state index in [9.17, 15) is 9.59 Å². The molecule has 0 bridgehead atoms. The van der Waals surface area contributed by atoms with Gasteiger partial charge in [-0.15, -0.1) is 0 Å². The molecule has 2 aromatic carbocycles. The molecule has 176 valence electrons. The van der Waals surface area contributed by atoms with Crippen LogP contribution in [-0.2, 0) is 20.8 Å². The molecule has 6 nitrogen and oxygen atoms in total. The molecular weight excluding hydrogens is 428 g/mol. The van der Waals surface area contributed by atoms with Crippen LogP contribution in [-0.4, -0.2) is 36.4 Å². The summed E-state index contributed by atoms with van der Waals surface area (Å²) >= 11 is 0. The largest absolute Gasteiger partial charge is 0.464 e. The Morgan fingerprint density at radius 2 is 1.50 bits per heavy atom. The number of rotatable bonds is 10. The summed E-state index contributed by atoms with van der Waals surface area (Å²) in [7, 11) is 0. The van der Waals surface area contributed by atoms with Crippen LogP contribution in [0.5, 0.6) is 0 Å². The van der Waals surface area contributed by atoms with Gasteiger partial charge in [-0.2, -0.15) is 0 Å². The summed E-state index contributed by atoms with van der Waals surface area (Å²) in [5.74, 6) is 11.6. The molecule has 0 aliphatic carbocycles. The van der Waals surface area contributed by atoms with Gasteiger partial charge in [0.25, 0.3) is 0 Å². The zero-order valence-electron chi connectivity index (χ0n) is 19.6. The van der Waals surface area contributed by atoms with Crippen molar-refractivity contribution in [2.75, 3.05) is 19.8 Å². The number of amides is 1. The molecule has 34 heavy (non-hydrogen) atoms. The van der Waals surface area contributed by atoms with Gasteiger partial charge in [-0.3, -0.25) is 4.79 Å². The van der Waals surface area contributed by atoms with E-state index in [0.717, 1.165) is 19.3 Å². The Morgan fingerprint density at radius 3 is 2.21 bits per heavy atom. The molecule has 0 aliphatic heterocycles. The molecule has 3 aromatic rings.